The number of phenolic OH excluding ortho intramolecular Hbond substituents is 1. The smallest absolute Gasteiger partial charge is 0.135 e. The van der Waals surface area contributed by atoms with Crippen LogP contribution in [0.3, 0.4) is 0 Å². The Morgan fingerprint density at radius 3 is 3.00 bits per heavy atom. The average molecular weight is 269 g/mol. The average Bonchev–Trinajstić information content (AvgIpc) is 2.77. The van der Waals surface area contributed by atoms with Crippen LogP contribution in [0.25, 0.3) is 11.3 Å². The molecule has 0 aliphatic carbocycles. The van der Waals surface area contributed by atoms with Crippen LogP contribution in [0.4, 0.5) is 4.39 Å². The van der Waals surface area contributed by atoms with Gasteiger partial charge >= 0.3 is 0 Å². The van der Waals surface area contributed by atoms with Gasteiger partial charge in [0.2, 0.25) is 0 Å². The molecular weight excluding hydrogens is 259 g/mol. The van der Waals surface area contributed by atoms with Crippen molar-refractivity contribution < 1.29 is 14.2 Å². The molecule has 1 N–H and O–H groups in total. The summed E-state index contributed by atoms with van der Waals surface area (Å²) >= 11 is 5.64. The maximum absolute atomic E-state index is 13.8. The molecule has 0 amide bonds. The van der Waals surface area contributed by atoms with E-state index in [1.54, 1.807) is 10.7 Å². The van der Waals surface area contributed by atoms with Crippen molar-refractivity contribution in [3.63, 3.8) is 0 Å². The zero-order chi connectivity index (χ0) is 12.7. The Hall–Kier alpha value is -1.59. The monoisotopic (exact) mass is 268 g/mol. The van der Waals surface area contributed by atoms with Gasteiger partial charge in [-0.3, -0.25) is 4.68 Å². The van der Waals surface area contributed by atoms with Crippen molar-refractivity contribution in [2.45, 2.75) is 13.2 Å². The fourth-order valence-electron chi connectivity index (χ4n) is 1.96. The first-order chi connectivity index (χ1) is 8.65. The third kappa shape index (κ3) is 1.85. The van der Waals surface area contributed by atoms with E-state index < -0.39 is 5.82 Å². The van der Waals surface area contributed by atoms with Crippen molar-refractivity contribution in [2.75, 3.05) is 6.61 Å². The highest BCUT2D eigenvalue weighted by Gasteiger charge is 2.17. The lowest BCUT2D eigenvalue weighted by Crippen LogP contribution is -2.16. The number of hydrogen-bond acceptors (Lipinski definition) is 3. The van der Waals surface area contributed by atoms with Gasteiger partial charge < -0.3 is 9.84 Å². The third-order valence-corrected chi connectivity index (χ3v) is 3.18. The molecule has 94 valence electrons. The number of halogens is 2. The van der Waals surface area contributed by atoms with E-state index in [9.17, 15) is 9.50 Å². The molecule has 3 rings (SSSR count). The van der Waals surface area contributed by atoms with Crippen LogP contribution in [-0.2, 0) is 17.9 Å². The summed E-state index contributed by atoms with van der Waals surface area (Å²) in [4.78, 5) is 0. The van der Waals surface area contributed by atoms with Gasteiger partial charge in [-0.2, -0.15) is 5.10 Å². The molecule has 1 aromatic heterocycles. The van der Waals surface area contributed by atoms with Gasteiger partial charge in [0, 0.05) is 5.56 Å². The summed E-state index contributed by atoms with van der Waals surface area (Å²) in [6, 6.07) is 4.12. The zero-order valence-electron chi connectivity index (χ0n) is 9.36. The van der Waals surface area contributed by atoms with Gasteiger partial charge in [-0.1, -0.05) is 11.6 Å². The number of nitrogens with zero attached hydrogens (tertiary/aromatic N) is 2. The third-order valence-electron chi connectivity index (χ3n) is 2.87. The minimum Gasteiger partial charge on any atom is -0.506 e. The highest BCUT2D eigenvalue weighted by molar-refractivity contribution is 6.32. The lowest BCUT2D eigenvalue weighted by Gasteiger charge is -2.12. The SMILES string of the molecule is Oc1cc(-c2cc3n(n2)CCOC3)c(F)cc1Cl. The van der Waals surface area contributed by atoms with Crippen LogP contribution in [0.15, 0.2) is 18.2 Å². The van der Waals surface area contributed by atoms with E-state index in [1.807, 2.05) is 0 Å². The predicted octanol–water partition coefficient (Wildman–Crippen LogP) is 2.58. The number of phenols is 1. The van der Waals surface area contributed by atoms with E-state index in [4.69, 9.17) is 16.3 Å². The molecule has 2 heterocycles. The second-order valence-corrected chi connectivity index (χ2v) is 4.49. The van der Waals surface area contributed by atoms with Gasteiger partial charge in [-0.15, -0.1) is 0 Å². The Bertz CT molecular complexity index is 589. The molecule has 0 saturated carbocycles. The van der Waals surface area contributed by atoms with E-state index >= 15 is 0 Å². The summed E-state index contributed by atoms with van der Waals surface area (Å²) in [6.07, 6.45) is 0. The number of rotatable bonds is 1. The molecule has 0 spiro atoms. The summed E-state index contributed by atoms with van der Waals surface area (Å²) in [6.45, 7) is 1.72. The maximum Gasteiger partial charge on any atom is 0.135 e. The first-order valence-electron chi connectivity index (χ1n) is 5.48. The Kier molecular flexibility index (Phi) is 2.72. The van der Waals surface area contributed by atoms with Gasteiger partial charge in [0.25, 0.3) is 0 Å². The van der Waals surface area contributed by atoms with Crippen molar-refractivity contribution in [1.29, 1.82) is 0 Å². The molecule has 1 aliphatic rings. The number of hydrogen-bond donors (Lipinski definition) is 1. The molecule has 4 nitrogen and oxygen atoms in total. The molecule has 0 atom stereocenters. The standard InChI is InChI=1S/C12H10ClFN2O2/c13-9-5-10(14)8(4-12(9)17)11-3-7-6-18-2-1-16(7)15-11/h3-5,17H,1-2,6H2. The summed E-state index contributed by atoms with van der Waals surface area (Å²) in [5.74, 6) is -0.663. The molecule has 2 aromatic rings. The molecule has 0 unspecified atom stereocenters. The Balaban J connectivity index is 2.09. The van der Waals surface area contributed by atoms with Gasteiger partial charge in [-0.05, 0) is 18.2 Å². The lowest BCUT2D eigenvalue weighted by molar-refractivity contribution is 0.0801. The highest BCUT2D eigenvalue weighted by Crippen LogP contribution is 2.32. The van der Waals surface area contributed by atoms with Crippen LogP contribution in [0.5, 0.6) is 5.75 Å². The molecular formula is C12H10ClFN2O2. The summed E-state index contributed by atoms with van der Waals surface area (Å²) in [5, 5.41) is 13.8. The molecule has 0 fully saturated rings. The van der Waals surface area contributed by atoms with Crippen LogP contribution in [0.2, 0.25) is 5.02 Å². The van der Waals surface area contributed by atoms with Crippen molar-refractivity contribution in [2.24, 2.45) is 0 Å². The Labute approximate surface area is 108 Å². The summed E-state index contributed by atoms with van der Waals surface area (Å²) < 4.78 is 20.9. The normalized spacial score (nSPS) is 14.6. The van der Waals surface area contributed by atoms with Crippen LogP contribution in [-0.4, -0.2) is 21.5 Å². The molecule has 0 bridgehead atoms. The highest BCUT2D eigenvalue weighted by atomic mass is 35.5. The van der Waals surface area contributed by atoms with Crippen molar-refractivity contribution in [3.8, 4) is 17.0 Å². The van der Waals surface area contributed by atoms with Crippen molar-refractivity contribution in [1.82, 2.24) is 9.78 Å². The zero-order valence-corrected chi connectivity index (χ0v) is 10.1. The number of aromatic nitrogens is 2. The minimum absolute atomic E-state index is 0.0106. The van der Waals surface area contributed by atoms with Crippen LogP contribution in [0, 0.1) is 5.82 Å². The molecule has 0 radical (unpaired) electrons. The molecule has 18 heavy (non-hydrogen) atoms. The first kappa shape index (κ1) is 11.5. The number of fused-ring (bicyclic) bond motifs is 1. The Morgan fingerprint density at radius 2 is 2.22 bits per heavy atom. The van der Waals surface area contributed by atoms with Crippen LogP contribution in [0.1, 0.15) is 5.69 Å². The number of ether oxygens (including phenoxy) is 1. The summed E-state index contributed by atoms with van der Waals surface area (Å²) in [7, 11) is 0. The Morgan fingerprint density at radius 1 is 1.39 bits per heavy atom. The molecule has 1 aliphatic heterocycles. The van der Waals surface area contributed by atoms with E-state index in [2.05, 4.69) is 5.10 Å². The molecule has 0 saturated heterocycles. The fourth-order valence-corrected chi connectivity index (χ4v) is 2.11. The van der Waals surface area contributed by atoms with E-state index in [1.165, 1.54) is 6.07 Å². The number of benzene rings is 1. The molecule has 6 heteroatoms. The largest absolute Gasteiger partial charge is 0.506 e. The topological polar surface area (TPSA) is 47.3 Å². The van der Waals surface area contributed by atoms with E-state index in [0.29, 0.717) is 25.5 Å². The lowest BCUT2D eigenvalue weighted by atomic mass is 10.1. The van der Waals surface area contributed by atoms with Gasteiger partial charge in [0.1, 0.15) is 11.6 Å². The fraction of sp³-hybridized carbons (Fsp3) is 0.250. The minimum atomic E-state index is -0.505. The second kappa shape index (κ2) is 4.26. The number of aromatic hydroxyl groups is 1. The first-order valence-corrected chi connectivity index (χ1v) is 5.86. The van der Waals surface area contributed by atoms with Gasteiger partial charge in [-0.25, -0.2) is 4.39 Å². The van der Waals surface area contributed by atoms with Gasteiger partial charge in [0.15, 0.2) is 0 Å². The van der Waals surface area contributed by atoms with Gasteiger partial charge in [0.05, 0.1) is 36.2 Å². The second-order valence-electron chi connectivity index (χ2n) is 4.08. The van der Waals surface area contributed by atoms with E-state index in [-0.39, 0.29) is 16.3 Å². The maximum atomic E-state index is 13.8. The van der Waals surface area contributed by atoms with Crippen LogP contribution < -0.4 is 0 Å². The quantitative estimate of drug-likeness (QED) is 0.865. The van der Waals surface area contributed by atoms with Crippen molar-refractivity contribution >= 4 is 11.6 Å². The van der Waals surface area contributed by atoms with E-state index in [0.717, 1.165) is 11.8 Å². The summed E-state index contributed by atoms with van der Waals surface area (Å²) in [5.41, 5.74) is 1.60. The molecule has 1 aromatic carbocycles. The van der Waals surface area contributed by atoms with Crippen molar-refractivity contribution in [3.05, 3.63) is 34.7 Å². The predicted molar refractivity (Wildman–Crippen MR) is 64.0 cm³/mol. The van der Waals surface area contributed by atoms with Crippen LogP contribution >= 0.6 is 11.6 Å².